The molecule has 0 bridgehead atoms. The van der Waals surface area contributed by atoms with Gasteiger partial charge in [0.2, 0.25) is 10.0 Å². The molecule has 0 unspecified atom stereocenters. The third kappa shape index (κ3) is 3.76. The molecule has 15 heavy (non-hydrogen) atoms. The standard InChI is InChI=1S/C10H15NO2S2/c1-3-8-15(12,13)11-9-6-4-5-7-10(9)14-2/h4-7,11H,3,8H2,1-2H3. The second-order valence-electron chi connectivity index (χ2n) is 3.12. The predicted molar refractivity (Wildman–Crippen MR) is 65.9 cm³/mol. The minimum atomic E-state index is -3.18. The van der Waals surface area contributed by atoms with E-state index in [1.165, 1.54) is 11.8 Å². The second kappa shape index (κ2) is 5.42. The van der Waals surface area contributed by atoms with Crippen LogP contribution >= 0.6 is 11.8 Å². The van der Waals surface area contributed by atoms with Gasteiger partial charge in [0.15, 0.2) is 0 Å². The van der Waals surface area contributed by atoms with Crippen molar-refractivity contribution in [2.24, 2.45) is 0 Å². The number of rotatable bonds is 5. The smallest absolute Gasteiger partial charge is 0.232 e. The Labute approximate surface area is 95.3 Å². The van der Waals surface area contributed by atoms with Crippen LogP contribution in [0.5, 0.6) is 0 Å². The fourth-order valence-corrected chi connectivity index (χ4v) is 2.99. The molecule has 0 aliphatic rings. The Balaban J connectivity index is 2.89. The first-order valence-electron chi connectivity index (χ1n) is 4.72. The zero-order valence-corrected chi connectivity index (χ0v) is 10.5. The summed E-state index contributed by atoms with van der Waals surface area (Å²) < 4.78 is 25.7. The van der Waals surface area contributed by atoms with E-state index >= 15 is 0 Å². The monoisotopic (exact) mass is 245 g/mol. The molecule has 3 nitrogen and oxygen atoms in total. The first kappa shape index (κ1) is 12.4. The highest BCUT2D eigenvalue weighted by atomic mass is 32.2. The van der Waals surface area contributed by atoms with Crippen LogP contribution in [0.4, 0.5) is 5.69 Å². The molecule has 0 radical (unpaired) electrons. The van der Waals surface area contributed by atoms with Crippen molar-refractivity contribution in [3.05, 3.63) is 24.3 Å². The number of sulfonamides is 1. The summed E-state index contributed by atoms with van der Waals surface area (Å²) in [5.74, 6) is 0.162. The van der Waals surface area contributed by atoms with Crippen LogP contribution in [0.15, 0.2) is 29.2 Å². The van der Waals surface area contributed by atoms with Gasteiger partial charge in [-0.05, 0) is 24.8 Å². The number of nitrogens with one attached hydrogen (secondary N) is 1. The van der Waals surface area contributed by atoms with Crippen LogP contribution in [-0.4, -0.2) is 20.4 Å². The molecule has 0 heterocycles. The Morgan fingerprint density at radius 3 is 2.60 bits per heavy atom. The van der Waals surface area contributed by atoms with Gasteiger partial charge in [0.1, 0.15) is 0 Å². The summed E-state index contributed by atoms with van der Waals surface area (Å²) in [5.41, 5.74) is 0.665. The van der Waals surface area contributed by atoms with Crippen molar-refractivity contribution in [2.75, 3.05) is 16.7 Å². The molecule has 0 fully saturated rings. The van der Waals surface area contributed by atoms with E-state index in [1.54, 1.807) is 6.07 Å². The fraction of sp³-hybridized carbons (Fsp3) is 0.400. The molecule has 1 rings (SSSR count). The molecule has 5 heteroatoms. The number of anilines is 1. The number of para-hydroxylation sites is 1. The largest absolute Gasteiger partial charge is 0.282 e. The number of hydrogen-bond donors (Lipinski definition) is 1. The molecule has 0 saturated heterocycles. The van der Waals surface area contributed by atoms with E-state index in [0.29, 0.717) is 12.1 Å². The van der Waals surface area contributed by atoms with E-state index in [4.69, 9.17) is 0 Å². The molecular formula is C10H15NO2S2. The third-order valence-electron chi connectivity index (χ3n) is 1.85. The molecule has 0 amide bonds. The zero-order valence-electron chi connectivity index (χ0n) is 8.86. The van der Waals surface area contributed by atoms with E-state index in [0.717, 1.165) is 4.90 Å². The number of hydrogen-bond acceptors (Lipinski definition) is 3. The van der Waals surface area contributed by atoms with Crippen LogP contribution in [0.3, 0.4) is 0 Å². The van der Waals surface area contributed by atoms with Gasteiger partial charge in [0.05, 0.1) is 11.4 Å². The molecule has 0 spiro atoms. The second-order valence-corrected chi connectivity index (χ2v) is 5.81. The number of benzene rings is 1. The Hall–Kier alpha value is -0.680. The summed E-state index contributed by atoms with van der Waals surface area (Å²) in [6, 6.07) is 7.39. The van der Waals surface area contributed by atoms with Gasteiger partial charge in [-0.2, -0.15) is 0 Å². The van der Waals surface area contributed by atoms with Crippen molar-refractivity contribution in [3.8, 4) is 0 Å². The van der Waals surface area contributed by atoms with Gasteiger partial charge in [-0.3, -0.25) is 4.72 Å². The van der Waals surface area contributed by atoms with Gasteiger partial charge in [-0.25, -0.2) is 8.42 Å². The van der Waals surface area contributed by atoms with Crippen molar-refractivity contribution < 1.29 is 8.42 Å². The van der Waals surface area contributed by atoms with Crippen molar-refractivity contribution in [1.82, 2.24) is 0 Å². The first-order chi connectivity index (χ1) is 7.09. The summed E-state index contributed by atoms with van der Waals surface area (Å²) in [5, 5.41) is 0. The lowest BCUT2D eigenvalue weighted by atomic mass is 10.3. The summed E-state index contributed by atoms with van der Waals surface area (Å²) in [7, 11) is -3.18. The van der Waals surface area contributed by atoms with Gasteiger partial charge in [-0.15, -0.1) is 11.8 Å². The average molecular weight is 245 g/mol. The Bertz CT molecular complexity index is 415. The highest BCUT2D eigenvalue weighted by Gasteiger charge is 2.10. The molecule has 0 aliphatic heterocycles. The lowest BCUT2D eigenvalue weighted by Gasteiger charge is -2.10. The summed E-state index contributed by atoms with van der Waals surface area (Å²) >= 11 is 1.53. The Kier molecular flexibility index (Phi) is 4.47. The lowest BCUT2D eigenvalue weighted by Crippen LogP contribution is -2.16. The molecule has 84 valence electrons. The van der Waals surface area contributed by atoms with Crippen LogP contribution in [-0.2, 0) is 10.0 Å². The van der Waals surface area contributed by atoms with Gasteiger partial charge in [0, 0.05) is 4.90 Å². The molecule has 1 aromatic rings. The molecule has 1 aromatic carbocycles. The summed E-state index contributed by atoms with van der Waals surface area (Å²) in [4.78, 5) is 0.942. The van der Waals surface area contributed by atoms with E-state index in [2.05, 4.69) is 4.72 Å². The van der Waals surface area contributed by atoms with E-state index in [1.807, 2.05) is 31.4 Å². The summed E-state index contributed by atoms with van der Waals surface area (Å²) in [6.45, 7) is 1.85. The number of thioether (sulfide) groups is 1. The van der Waals surface area contributed by atoms with Gasteiger partial charge < -0.3 is 0 Å². The lowest BCUT2D eigenvalue weighted by molar-refractivity contribution is 0.600. The van der Waals surface area contributed by atoms with Gasteiger partial charge in [-0.1, -0.05) is 19.1 Å². The topological polar surface area (TPSA) is 46.2 Å². The van der Waals surface area contributed by atoms with Crippen molar-refractivity contribution >= 4 is 27.5 Å². The van der Waals surface area contributed by atoms with E-state index in [9.17, 15) is 8.42 Å². The maximum absolute atomic E-state index is 11.5. The molecule has 0 aliphatic carbocycles. The van der Waals surface area contributed by atoms with Crippen molar-refractivity contribution in [3.63, 3.8) is 0 Å². The van der Waals surface area contributed by atoms with Crippen LogP contribution in [0, 0.1) is 0 Å². The van der Waals surface area contributed by atoms with Crippen molar-refractivity contribution in [1.29, 1.82) is 0 Å². The highest BCUT2D eigenvalue weighted by Crippen LogP contribution is 2.25. The maximum atomic E-state index is 11.5. The first-order valence-corrected chi connectivity index (χ1v) is 7.60. The molecule has 0 aromatic heterocycles. The van der Waals surface area contributed by atoms with Crippen molar-refractivity contribution in [2.45, 2.75) is 18.2 Å². The molecule has 0 atom stereocenters. The third-order valence-corrected chi connectivity index (χ3v) is 4.12. The minimum absolute atomic E-state index is 0.162. The van der Waals surface area contributed by atoms with E-state index in [-0.39, 0.29) is 5.75 Å². The average Bonchev–Trinajstić information content (AvgIpc) is 2.17. The van der Waals surface area contributed by atoms with Crippen LogP contribution in [0.2, 0.25) is 0 Å². The molecule has 1 N–H and O–H groups in total. The molecular weight excluding hydrogens is 230 g/mol. The van der Waals surface area contributed by atoms with Crippen LogP contribution in [0.25, 0.3) is 0 Å². The summed E-state index contributed by atoms with van der Waals surface area (Å²) in [6.07, 6.45) is 2.55. The maximum Gasteiger partial charge on any atom is 0.232 e. The quantitative estimate of drug-likeness (QED) is 0.811. The van der Waals surface area contributed by atoms with Gasteiger partial charge in [0.25, 0.3) is 0 Å². The normalized spacial score (nSPS) is 11.3. The highest BCUT2D eigenvalue weighted by molar-refractivity contribution is 7.99. The SMILES string of the molecule is CCCS(=O)(=O)Nc1ccccc1SC. The predicted octanol–water partition coefficient (Wildman–Crippen LogP) is 2.56. The fourth-order valence-electron chi connectivity index (χ4n) is 1.22. The van der Waals surface area contributed by atoms with Crippen LogP contribution in [0.1, 0.15) is 13.3 Å². The zero-order chi connectivity index (χ0) is 11.3. The Morgan fingerprint density at radius 1 is 1.33 bits per heavy atom. The molecule has 0 saturated carbocycles. The minimum Gasteiger partial charge on any atom is -0.282 e. The van der Waals surface area contributed by atoms with Gasteiger partial charge >= 0.3 is 0 Å². The van der Waals surface area contributed by atoms with E-state index < -0.39 is 10.0 Å². The van der Waals surface area contributed by atoms with Crippen LogP contribution < -0.4 is 4.72 Å². The Morgan fingerprint density at radius 2 is 2.00 bits per heavy atom.